The number of non-ortho nitro benzene ring substituents is 1. The van der Waals surface area contributed by atoms with Crippen LogP contribution in [0.4, 0.5) is 11.4 Å². The number of nitrogens with zero attached hydrogens (tertiary/aromatic N) is 2. The maximum Gasteiger partial charge on any atom is 0.270 e. The van der Waals surface area contributed by atoms with Gasteiger partial charge in [0.25, 0.3) is 5.69 Å². The van der Waals surface area contributed by atoms with E-state index in [0.717, 1.165) is 5.56 Å². The van der Waals surface area contributed by atoms with Crippen molar-refractivity contribution >= 4 is 23.0 Å². The Morgan fingerprint density at radius 2 is 1.96 bits per heavy atom. The zero-order valence-corrected chi connectivity index (χ0v) is 12.3. The SMILES string of the molecule is COc1ccc(C2=NCC(=O)Nc3ccc([N+](=O)[O-])cc32)cc1. The summed E-state index contributed by atoms with van der Waals surface area (Å²) in [4.78, 5) is 26.6. The van der Waals surface area contributed by atoms with E-state index < -0.39 is 4.92 Å². The van der Waals surface area contributed by atoms with Crippen LogP contribution in [-0.2, 0) is 4.79 Å². The summed E-state index contributed by atoms with van der Waals surface area (Å²) >= 11 is 0. The number of fused-ring (bicyclic) bond motifs is 1. The highest BCUT2D eigenvalue weighted by Crippen LogP contribution is 2.27. The Labute approximate surface area is 131 Å². The van der Waals surface area contributed by atoms with Crippen LogP contribution in [0, 0.1) is 10.1 Å². The van der Waals surface area contributed by atoms with E-state index in [1.807, 2.05) is 0 Å². The number of nitro benzene ring substituents is 1. The van der Waals surface area contributed by atoms with Gasteiger partial charge in [0.05, 0.1) is 23.4 Å². The Morgan fingerprint density at radius 3 is 2.61 bits per heavy atom. The second-order valence-electron chi connectivity index (χ2n) is 4.93. The number of hydrogen-bond acceptors (Lipinski definition) is 5. The van der Waals surface area contributed by atoms with Gasteiger partial charge in [-0.25, -0.2) is 0 Å². The van der Waals surface area contributed by atoms with E-state index in [9.17, 15) is 14.9 Å². The monoisotopic (exact) mass is 311 g/mol. The molecule has 1 amide bonds. The molecule has 0 aromatic heterocycles. The minimum Gasteiger partial charge on any atom is -0.497 e. The fourth-order valence-corrected chi connectivity index (χ4v) is 2.37. The van der Waals surface area contributed by atoms with Crippen molar-refractivity contribution < 1.29 is 14.5 Å². The molecule has 0 aliphatic carbocycles. The average Bonchev–Trinajstić information content (AvgIpc) is 2.72. The number of ether oxygens (including phenoxy) is 1. The quantitative estimate of drug-likeness (QED) is 0.695. The molecule has 116 valence electrons. The fraction of sp³-hybridized carbons (Fsp3) is 0.125. The molecule has 0 saturated heterocycles. The number of aliphatic imine (C=N–C) groups is 1. The van der Waals surface area contributed by atoms with Crippen molar-refractivity contribution in [3.8, 4) is 5.75 Å². The van der Waals surface area contributed by atoms with Gasteiger partial charge in [-0.15, -0.1) is 0 Å². The van der Waals surface area contributed by atoms with Crippen LogP contribution in [-0.4, -0.2) is 30.2 Å². The molecular weight excluding hydrogens is 298 g/mol. The van der Waals surface area contributed by atoms with Crippen molar-refractivity contribution in [1.29, 1.82) is 0 Å². The van der Waals surface area contributed by atoms with Crippen LogP contribution in [0.2, 0.25) is 0 Å². The van der Waals surface area contributed by atoms with Crippen molar-refractivity contribution in [2.24, 2.45) is 4.99 Å². The first-order chi connectivity index (χ1) is 11.1. The van der Waals surface area contributed by atoms with Crippen LogP contribution in [0.25, 0.3) is 0 Å². The number of carbonyl (C=O) groups excluding carboxylic acids is 1. The lowest BCUT2D eigenvalue weighted by atomic mass is 10.00. The molecule has 7 nitrogen and oxygen atoms in total. The Morgan fingerprint density at radius 1 is 1.22 bits per heavy atom. The molecule has 2 aromatic rings. The van der Waals surface area contributed by atoms with E-state index in [-0.39, 0.29) is 18.1 Å². The van der Waals surface area contributed by atoms with Crippen molar-refractivity contribution in [3.63, 3.8) is 0 Å². The van der Waals surface area contributed by atoms with Gasteiger partial charge in [-0.3, -0.25) is 19.9 Å². The predicted octanol–water partition coefficient (Wildman–Crippen LogP) is 2.39. The number of benzodiazepines with no additional fused rings is 1. The number of nitro groups is 1. The maximum absolute atomic E-state index is 11.8. The van der Waals surface area contributed by atoms with Gasteiger partial charge in [0, 0.05) is 23.3 Å². The van der Waals surface area contributed by atoms with Gasteiger partial charge in [0.1, 0.15) is 12.3 Å². The van der Waals surface area contributed by atoms with Crippen LogP contribution in [0.1, 0.15) is 11.1 Å². The standard InChI is InChI=1S/C16H13N3O4/c1-23-12-5-2-10(3-6-12)16-13-8-11(19(21)22)4-7-14(13)18-15(20)9-17-16/h2-8H,9H2,1H3,(H,18,20). The molecule has 1 aliphatic heterocycles. The van der Waals surface area contributed by atoms with E-state index in [1.54, 1.807) is 31.4 Å². The van der Waals surface area contributed by atoms with E-state index in [2.05, 4.69) is 10.3 Å². The Hall–Kier alpha value is -3.22. The lowest BCUT2D eigenvalue weighted by Crippen LogP contribution is -2.13. The molecule has 0 atom stereocenters. The summed E-state index contributed by atoms with van der Waals surface area (Å²) in [6, 6.07) is 11.5. The molecule has 0 spiro atoms. The highest BCUT2D eigenvalue weighted by atomic mass is 16.6. The average molecular weight is 311 g/mol. The fourth-order valence-electron chi connectivity index (χ4n) is 2.37. The van der Waals surface area contributed by atoms with Crippen molar-refractivity contribution in [1.82, 2.24) is 0 Å². The molecule has 0 unspecified atom stereocenters. The second-order valence-corrected chi connectivity index (χ2v) is 4.93. The van der Waals surface area contributed by atoms with E-state index in [1.165, 1.54) is 18.2 Å². The minimum atomic E-state index is -0.474. The zero-order chi connectivity index (χ0) is 16.4. The topological polar surface area (TPSA) is 93.8 Å². The number of rotatable bonds is 3. The summed E-state index contributed by atoms with van der Waals surface area (Å²) < 4.78 is 5.12. The molecule has 1 aliphatic rings. The highest BCUT2D eigenvalue weighted by molar-refractivity contribution is 6.19. The smallest absolute Gasteiger partial charge is 0.270 e. The van der Waals surface area contributed by atoms with Crippen LogP contribution in [0.3, 0.4) is 0 Å². The normalized spacial score (nSPS) is 13.4. The summed E-state index contributed by atoms with van der Waals surface area (Å²) in [5.41, 5.74) is 2.26. The minimum absolute atomic E-state index is 0.0379. The molecule has 0 fully saturated rings. The van der Waals surface area contributed by atoms with Crippen molar-refractivity contribution in [3.05, 3.63) is 63.7 Å². The third kappa shape index (κ3) is 2.89. The third-order valence-corrected chi connectivity index (χ3v) is 3.49. The Bertz CT molecular complexity index is 813. The predicted molar refractivity (Wildman–Crippen MR) is 85.2 cm³/mol. The summed E-state index contributed by atoms with van der Waals surface area (Å²) in [6.45, 7) is -0.0379. The molecule has 0 saturated carbocycles. The Balaban J connectivity index is 2.14. The number of amides is 1. The van der Waals surface area contributed by atoms with Crippen LogP contribution >= 0.6 is 0 Å². The summed E-state index contributed by atoms with van der Waals surface area (Å²) in [7, 11) is 1.57. The van der Waals surface area contributed by atoms with Gasteiger partial charge in [-0.1, -0.05) is 0 Å². The lowest BCUT2D eigenvalue weighted by Gasteiger charge is -2.10. The van der Waals surface area contributed by atoms with Gasteiger partial charge >= 0.3 is 0 Å². The first kappa shape index (κ1) is 14.7. The largest absolute Gasteiger partial charge is 0.497 e. The molecule has 0 radical (unpaired) electrons. The van der Waals surface area contributed by atoms with E-state index in [0.29, 0.717) is 22.7 Å². The molecule has 2 aromatic carbocycles. The van der Waals surface area contributed by atoms with Gasteiger partial charge < -0.3 is 10.1 Å². The maximum atomic E-state index is 11.8. The molecule has 0 bridgehead atoms. The Kier molecular flexibility index (Phi) is 3.76. The molecule has 3 rings (SSSR count). The molecular formula is C16H13N3O4. The highest BCUT2D eigenvalue weighted by Gasteiger charge is 2.21. The van der Waals surface area contributed by atoms with Gasteiger partial charge in [-0.05, 0) is 30.3 Å². The second kappa shape index (κ2) is 5.88. The van der Waals surface area contributed by atoms with Crippen LogP contribution in [0.15, 0.2) is 47.5 Å². The van der Waals surface area contributed by atoms with E-state index in [4.69, 9.17) is 4.74 Å². The van der Waals surface area contributed by atoms with E-state index >= 15 is 0 Å². The van der Waals surface area contributed by atoms with Gasteiger partial charge in [0.2, 0.25) is 5.91 Å². The molecule has 1 N–H and O–H groups in total. The van der Waals surface area contributed by atoms with Crippen LogP contribution in [0.5, 0.6) is 5.75 Å². The number of methoxy groups -OCH3 is 1. The number of nitrogens with one attached hydrogen (secondary N) is 1. The van der Waals surface area contributed by atoms with Crippen LogP contribution < -0.4 is 10.1 Å². The molecule has 23 heavy (non-hydrogen) atoms. The molecule has 1 heterocycles. The first-order valence-corrected chi connectivity index (χ1v) is 6.86. The van der Waals surface area contributed by atoms with Gasteiger partial charge in [0.15, 0.2) is 0 Å². The van der Waals surface area contributed by atoms with Crippen molar-refractivity contribution in [2.75, 3.05) is 19.0 Å². The first-order valence-electron chi connectivity index (χ1n) is 6.86. The summed E-state index contributed by atoms with van der Waals surface area (Å²) in [5.74, 6) is 0.431. The summed E-state index contributed by atoms with van der Waals surface area (Å²) in [6.07, 6.45) is 0. The third-order valence-electron chi connectivity index (χ3n) is 3.49. The number of benzene rings is 2. The molecule has 7 heteroatoms. The van der Waals surface area contributed by atoms with Gasteiger partial charge in [-0.2, -0.15) is 0 Å². The summed E-state index contributed by atoms with van der Waals surface area (Å²) in [5, 5.41) is 13.7. The number of carbonyl (C=O) groups is 1. The zero-order valence-electron chi connectivity index (χ0n) is 12.3. The number of anilines is 1. The number of hydrogen-bond donors (Lipinski definition) is 1. The lowest BCUT2D eigenvalue weighted by molar-refractivity contribution is -0.384. The van der Waals surface area contributed by atoms with Crippen molar-refractivity contribution in [2.45, 2.75) is 0 Å².